The molecule has 1 fully saturated rings. The van der Waals surface area contributed by atoms with Gasteiger partial charge in [-0.05, 0) is 37.2 Å². The molecule has 4 heteroatoms. The highest BCUT2D eigenvalue weighted by Crippen LogP contribution is 2.17. The van der Waals surface area contributed by atoms with Gasteiger partial charge in [-0.25, -0.2) is 0 Å². The zero-order chi connectivity index (χ0) is 16.7. The van der Waals surface area contributed by atoms with E-state index in [0.717, 1.165) is 38.8 Å². The summed E-state index contributed by atoms with van der Waals surface area (Å²) in [6.07, 6.45) is 3.39. The molecule has 0 spiro atoms. The third-order valence-corrected chi connectivity index (χ3v) is 4.21. The molecule has 1 aromatic rings. The number of carbonyl (C=O) groups excluding carboxylic acids is 2. The predicted molar refractivity (Wildman–Crippen MR) is 89.9 cm³/mol. The topological polar surface area (TPSA) is 46.6 Å². The first-order valence-corrected chi connectivity index (χ1v) is 8.60. The highest BCUT2D eigenvalue weighted by molar-refractivity contribution is 5.84. The summed E-state index contributed by atoms with van der Waals surface area (Å²) < 4.78 is 5.49. The summed E-state index contributed by atoms with van der Waals surface area (Å²) in [7, 11) is 0. The van der Waals surface area contributed by atoms with Crippen LogP contribution in [-0.2, 0) is 20.7 Å². The van der Waals surface area contributed by atoms with E-state index in [1.54, 1.807) is 0 Å². The molecule has 1 heterocycles. The van der Waals surface area contributed by atoms with Crippen LogP contribution in [0.15, 0.2) is 30.3 Å². The van der Waals surface area contributed by atoms with Crippen molar-refractivity contribution in [3.63, 3.8) is 0 Å². The minimum Gasteiger partial charge on any atom is -0.452 e. The minimum atomic E-state index is -0.641. The van der Waals surface area contributed by atoms with Gasteiger partial charge >= 0.3 is 5.97 Å². The molecule has 1 aliphatic rings. The van der Waals surface area contributed by atoms with E-state index in [9.17, 15) is 9.59 Å². The van der Waals surface area contributed by atoms with Crippen LogP contribution in [0.25, 0.3) is 0 Å². The summed E-state index contributed by atoms with van der Waals surface area (Å²) in [6, 6.07) is 10.1. The fraction of sp³-hybridized carbons (Fsp3) is 0.579. The number of benzene rings is 1. The number of esters is 1. The number of likely N-dealkylation sites (tertiary alicyclic amines) is 1. The Morgan fingerprint density at radius 2 is 1.78 bits per heavy atom. The van der Waals surface area contributed by atoms with Crippen LogP contribution in [0.1, 0.15) is 45.1 Å². The molecule has 2 rings (SSSR count). The molecule has 0 radical (unpaired) electrons. The number of nitrogens with zero attached hydrogens (tertiary/aromatic N) is 1. The van der Waals surface area contributed by atoms with Gasteiger partial charge < -0.3 is 9.64 Å². The molecule has 1 unspecified atom stereocenters. The first-order valence-electron chi connectivity index (χ1n) is 8.60. The molecule has 1 aromatic carbocycles. The lowest BCUT2D eigenvalue weighted by Gasteiger charge is -2.25. The average molecular weight is 317 g/mol. The second kappa shape index (κ2) is 8.70. The summed E-state index contributed by atoms with van der Waals surface area (Å²) in [5.74, 6) is -0.303. The van der Waals surface area contributed by atoms with Crippen LogP contribution in [0.2, 0.25) is 0 Å². The van der Waals surface area contributed by atoms with Gasteiger partial charge in [0.2, 0.25) is 0 Å². The lowest BCUT2D eigenvalue weighted by molar-refractivity contribution is -0.162. The van der Waals surface area contributed by atoms with Crippen LogP contribution in [-0.4, -0.2) is 36.0 Å². The van der Waals surface area contributed by atoms with Crippen LogP contribution in [0, 0.1) is 5.92 Å². The molecule has 0 aromatic heterocycles. The van der Waals surface area contributed by atoms with Crippen LogP contribution in [0.3, 0.4) is 0 Å². The number of carbonyl (C=O) groups is 2. The number of rotatable bonds is 7. The van der Waals surface area contributed by atoms with E-state index in [0.29, 0.717) is 6.42 Å². The third-order valence-electron chi connectivity index (χ3n) is 4.21. The maximum absolute atomic E-state index is 12.5. The molecule has 126 valence electrons. The Bertz CT molecular complexity index is 507. The lowest BCUT2D eigenvalue weighted by Crippen LogP contribution is -2.42. The molecule has 1 amide bonds. The van der Waals surface area contributed by atoms with E-state index in [2.05, 4.69) is 12.1 Å². The fourth-order valence-corrected chi connectivity index (χ4v) is 2.87. The Morgan fingerprint density at radius 3 is 2.39 bits per heavy atom. The molecule has 0 aliphatic carbocycles. The SMILES string of the molecule is CC(C)C(OC(=O)CCCc1ccccc1)C(=O)N1CCCC1. The minimum absolute atomic E-state index is 0.00109. The standard InChI is InChI=1S/C19H27NO3/c1-15(2)18(19(22)20-13-6-7-14-20)23-17(21)12-8-11-16-9-4-3-5-10-16/h3-5,9-10,15,18H,6-8,11-14H2,1-2H3. The Morgan fingerprint density at radius 1 is 1.13 bits per heavy atom. The first kappa shape index (κ1) is 17.5. The van der Waals surface area contributed by atoms with Crippen LogP contribution in [0.4, 0.5) is 0 Å². The van der Waals surface area contributed by atoms with E-state index in [1.807, 2.05) is 36.9 Å². The van der Waals surface area contributed by atoms with Gasteiger partial charge in [0.25, 0.3) is 5.91 Å². The van der Waals surface area contributed by atoms with Gasteiger partial charge in [-0.15, -0.1) is 0 Å². The summed E-state index contributed by atoms with van der Waals surface area (Å²) >= 11 is 0. The molecule has 1 aliphatic heterocycles. The summed E-state index contributed by atoms with van der Waals surface area (Å²) in [4.78, 5) is 26.4. The van der Waals surface area contributed by atoms with Gasteiger partial charge in [0, 0.05) is 19.5 Å². The third kappa shape index (κ3) is 5.38. The van der Waals surface area contributed by atoms with Crippen molar-refractivity contribution in [2.45, 2.75) is 52.1 Å². The van der Waals surface area contributed by atoms with Gasteiger partial charge in [0.05, 0.1) is 0 Å². The normalized spacial score (nSPS) is 15.7. The number of hydrogen-bond acceptors (Lipinski definition) is 3. The predicted octanol–water partition coefficient (Wildman–Crippen LogP) is 3.20. The van der Waals surface area contributed by atoms with Crippen molar-refractivity contribution >= 4 is 11.9 Å². The van der Waals surface area contributed by atoms with Gasteiger partial charge in [-0.2, -0.15) is 0 Å². The number of aryl methyl sites for hydroxylation is 1. The van der Waals surface area contributed by atoms with Crippen LogP contribution < -0.4 is 0 Å². The Labute approximate surface area is 138 Å². The largest absolute Gasteiger partial charge is 0.452 e. The molecule has 1 atom stereocenters. The van der Waals surface area contributed by atoms with Crippen molar-refractivity contribution < 1.29 is 14.3 Å². The first-order chi connectivity index (χ1) is 11.1. The molecular weight excluding hydrogens is 290 g/mol. The van der Waals surface area contributed by atoms with Gasteiger partial charge in [-0.3, -0.25) is 9.59 Å². The molecule has 0 saturated carbocycles. The summed E-state index contributed by atoms with van der Waals surface area (Å²) in [5.41, 5.74) is 1.22. The van der Waals surface area contributed by atoms with Crippen molar-refractivity contribution in [2.75, 3.05) is 13.1 Å². The van der Waals surface area contributed by atoms with Gasteiger partial charge in [0.15, 0.2) is 6.10 Å². The summed E-state index contributed by atoms with van der Waals surface area (Å²) in [5, 5.41) is 0. The fourth-order valence-electron chi connectivity index (χ4n) is 2.87. The average Bonchev–Trinajstić information content (AvgIpc) is 3.07. The number of amides is 1. The second-order valence-corrected chi connectivity index (χ2v) is 6.53. The van der Waals surface area contributed by atoms with Crippen molar-refractivity contribution in [1.82, 2.24) is 4.90 Å². The molecule has 1 saturated heterocycles. The lowest BCUT2D eigenvalue weighted by atomic mass is 10.1. The van der Waals surface area contributed by atoms with E-state index >= 15 is 0 Å². The van der Waals surface area contributed by atoms with E-state index in [-0.39, 0.29) is 17.8 Å². The maximum Gasteiger partial charge on any atom is 0.306 e. The zero-order valence-corrected chi connectivity index (χ0v) is 14.2. The van der Waals surface area contributed by atoms with E-state index < -0.39 is 6.10 Å². The highest BCUT2D eigenvalue weighted by Gasteiger charge is 2.31. The Kier molecular flexibility index (Phi) is 6.63. The van der Waals surface area contributed by atoms with Gasteiger partial charge in [-0.1, -0.05) is 44.2 Å². The Hall–Kier alpha value is -1.84. The monoisotopic (exact) mass is 317 g/mol. The van der Waals surface area contributed by atoms with Crippen molar-refractivity contribution in [3.05, 3.63) is 35.9 Å². The highest BCUT2D eigenvalue weighted by atomic mass is 16.5. The van der Waals surface area contributed by atoms with Crippen molar-refractivity contribution in [3.8, 4) is 0 Å². The Balaban J connectivity index is 1.79. The smallest absolute Gasteiger partial charge is 0.306 e. The van der Waals surface area contributed by atoms with Crippen LogP contribution >= 0.6 is 0 Å². The van der Waals surface area contributed by atoms with Gasteiger partial charge in [0.1, 0.15) is 0 Å². The summed E-state index contributed by atoms with van der Waals surface area (Å²) in [6.45, 7) is 5.42. The molecular formula is C19H27NO3. The maximum atomic E-state index is 12.5. The number of ether oxygens (including phenoxy) is 1. The van der Waals surface area contributed by atoms with E-state index in [1.165, 1.54) is 5.56 Å². The van der Waals surface area contributed by atoms with Crippen molar-refractivity contribution in [1.29, 1.82) is 0 Å². The molecule has 0 N–H and O–H groups in total. The zero-order valence-electron chi connectivity index (χ0n) is 14.2. The number of hydrogen-bond donors (Lipinski definition) is 0. The quantitative estimate of drug-likeness (QED) is 0.726. The molecule has 4 nitrogen and oxygen atoms in total. The van der Waals surface area contributed by atoms with E-state index in [4.69, 9.17) is 4.74 Å². The van der Waals surface area contributed by atoms with Crippen molar-refractivity contribution in [2.24, 2.45) is 5.92 Å². The molecule has 0 bridgehead atoms. The van der Waals surface area contributed by atoms with Crippen LogP contribution in [0.5, 0.6) is 0 Å². The molecule has 23 heavy (non-hydrogen) atoms. The second-order valence-electron chi connectivity index (χ2n) is 6.53.